The molecule has 0 aromatic heterocycles. The summed E-state index contributed by atoms with van der Waals surface area (Å²) in [5.41, 5.74) is 5.74. The molecule has 4 aromatic rings. The summed E-state index contributed by atoms with van der Waals surface area (Å²) >= 11 is 0. The largest absolute Gasteiger partial charge is 0.488 e. The Bertz CT molecular complexity index is 1350. The van der Waals surface area contributed by atoms with E-state index >= 15 is 4.39 Å². The molecule has 5 heteroatoms. The SMILES string of the molecule is CCCc1cc(OCc2ccccc2)c(-c2ccc(F)c3c2CC(=O)N3CC)c(OCc2ccccc2)c1. The highest BCUT2D eigenvalue weighted by Crippen LogP contribution is 2.47. The van der Waals surface area contributed by atoms with Crippen molar-refractivity contribution in [2.24, 2.45) is 0 Å². The van der Waals surface area contributed by atoms with Gasteiger partial charge in [-0.15, -0.1) is 0 Å². The first-order valence-corrected chi connectivity index (χ1v) is 13.2. The van der Waals surface area contributed by atoms with Gasteiger partial charge in [0, 0.05) is 6.54 Å². The van der Waals surface area contributed by atoms with E-state index in [1.807, 2.05) is 67.6 Å². The number of likely N-dealkylation sites (N-methyl/N-ethyl adjacent to an activating group) is 1. The average molecular weight is 510 g/mol. The number of anilines is 1. The molecule has 0 spiro atoms. The maximum Gasteiger partial charge on any atom is 0.231 e. The molecule has 0 atom stereocenters. The van der Waals surface area contributed by atoms with Gasteiger partial charge in [-0.25, -0.2) is 4.39 Å². The third-order valence-corrected chi connectivity index (χ3v) is 6.86. The number of hydrogen-bond acceptors (Lipinski definition) is 3. The van der Waals surface area contributed by atoms with Crippen LogP contribution in [0.4, 0.5) is 10.1 Å². The smallest absolute Gasteiger partial charge is 0.231 e. The molecule has 1 heterocycles. The summed E-state index contributed by atoms with van der Waals surface area (Å²) in [6.45, 7) is 5.18. The lowest BCUT2D eigenvalue weighted by Gasteiger charge is -2.21. The molecule has 0 bridgehead atoms. The number of rotatable bonds is 10. The number of hydrogen-bond donors (Lipinski definition) is 0. The summed E-state index contributed by atoms with van der Waals surface area (Å²) in [5, 5.41) is 0. The Hall–Kier alpha value is -4.12. The van der Waals surface area contributed by atoms with Crippen LogP contribution in [-0.4, -0.2) is 12.5 Å². The number of benzene rings is 4. The van der Waals surface area contributed by atoms with Crippen LogP contribution in [0.5, 0.6) is 11.5 Å². The van der Waals surface area contributed by atoms with Crippen molar-refractivity contribution in [3.8, 4) is 22.6 Å². The van der Waals surface area contributed by atoms with E-state index in [9.17, 15) is 4.79 Å². The van der Waals surface area contributed by atoms with Gasteiger partial charge in [0.25, 0.3) is 0 Å². The van der Waals surface area contributed by atoms with Gasteiger partial charge in [-0.3, -0.25) is 4.79 Å². The number of carbonyl (C=O) groups excluding carboxylic acids is 1. The maximum absolute atomic E-state index is 15.0. The van der Waals surface area contributed by atoms with E-state index < -0.39 is 5.82 Å². The number of ether oxygens (including phenoxy) is 2. The molecule has 0 saturated carbocycles. The molecule has 1 amide bonds. The first kappa shape index (κ1) is 25.5. The van der Waals surface area contributed by atoms with Crippen LogP contribution in [0.3, 0.4) is 0 Å². The van der Waals surface area contributed by atoms with Gasteiger partial charge < -0.3 is 14.4 Å². The normalized spacial score (nSPS) is 12.5. The Balaban J connectivity index is 1.65. The van der Waals surface area contributed by atoms with Gasteiger partial charge in [0.15, 0.2) is 0 Å². The van der Waals surface area contributed by atoms with Crippen molar-refractivity contribution >= 4 is 11.6 Å². The summed E-state index contributed by atoms with van der Waals surface area (Å²) in [6, 6.07) is 27.3. The highest BCUT2D eigenvalue weighted by atomic mass is 19.1. The van der Waals surface area contributed by atoms with Gasteiger partial charge in [0.1, 0.15) is 30.5 Å². The molecule has 0 saturated heterocycles. The predicted octanol–water partition coefficient (Wildman–Crippen LogP) is 7.51. The van der Waals surface area contributed by atoms with Crippen molar-refractivity contribution in [3.05, 3.63) is 113 Å². The number of carbonyl (C=O) groups is 1. The number of amides is 1. The number of aryl methyl sites for hydroxylation is 1. The Morgan fingerprint density at radius 3 is 1.89 bits per heavy atom. The molecule has 1 aliphatic rings. The third-order valence-electron chi connectivity index (χ3n) is 6.86. The Morgan fingerprint density at radius 2 is 1.37 bits per heavy atom. The average Bonchev–Trinajstić information content (AvgIpc) is 3.29. The Morgan fingerprint density at radius 1 is 0.789 bits per heavy atom. The number of fused-ring (bicyclic) bond motifs is 1. The second-order valence-corrected chi connectivity index (χ2v) is 9.50. The van der Waals surface area contributed by atoms with E-state index in [0.717, 1.165) is 40.7 Å². The van der Waals surface area contributed by atoms with Crippen molar-refractivity contribution in [3.63, 3.8) is 0 Å². The van der Waals surface area contributed by atoms with Crippen molar-refractivity contribution in [1.82, 2.24) is 0 Å². The van der Waals surface area contributed by atoms with Gasteiger partial charge in [-0.1, -0.05) is 80.1 Å². The molecule has 194 valence electrons. The van der Waals surface area contributed by atoms with Crippen molar-refractivity contribution in [2.75, 3.05) is 11.4 Å². The van der Waals surface area contributed by atoms with Crippen LogP contribution in [0.2, 0.25) is 0 Å². The monoisotopic (exact) mass is 509 g/mol. The lowest BCUT2D eigenvalue weighted by molar-refractivity contribution is -0.117. The fourth-order valence-corrected chi connectivity index (χ4v) is 5.06. The molecule has 0 N–H and O–H groups in total. The second-order valence-electron chi connectivity index (χ2n) is 9.50. The zero-order valence-corrected chi connectivity index (χ0v) is 21.9. The molecule has 0 unspecified atom stereocenters. The summed E-state index contributed by atoms with van der Waals surface area (Å²) in [4.78, 5) is 14.3. The Labute approximate surface area is 223 Å². The highest BCUT2D eigenvalue weighted by Gasteiger charge is 2.33. The molecular formula is C33H32FNO3. The van der Waals surface area contributed by atoms with E-state index in [1.54, 1.807) is 6.07 Å². The molecule has 38 heavy (non-hydrogen) atoms. The van der Waals surface area contributed by atoms with Gasteiger partial charge in [-0.2, -0.15) is 0 Å². The zero-order valence-electron chi connectivity index (χ0n) is 21.9. The molecule has 0 aliphatic carbocycles. The standard InChI is InChI=1S/C33H32FNO3/c1-3-11-25-18-29(37-21-23-12-7-5-8-13-23)32(30(19-25)38-22-24-14-9-6-10-15-24)26-16-17-28(34)33-27(26)20-31(36)35(33)4-2/h5-10,12-19H,3-4,11,20-22H2,1-2H3. The van der Waals surface area contributed by atoms with Crippen LogP contribution >= 0.6 is 0 Å². The number of halogens is 1. The van der Waals surface area contributed by atoms with Crippen LogP contribution in [-0.2, 0) is 30.8 Å². The third kappa shape index (κ3) is 5.28. The first-order chi connectivity index (χ1) is 18.6. The van der Waals surface area contributed by atoms with E-state index in [4.69, 9.17) is 9.47 Å². The Kier molecular flexibility index (Phi) is 7.73. The van der Waals surface area contributed by atoms with Crippen molar-refractivity contribution in [1.29, 1.82) is 0 Å². The molecular weight excluding hydrogens is 477 g/mol. The van der Waals surface area contributed by atoms with Gasteiger partial charge in [-0.05, 0) is 59.4 Å². The molecule has 1 aliphatic heterocycles. The van der Waals surface area contributed by atoms with E-state index in [-0.39, 0.29) is 12.3 Å². The molecule has 4 aromatic carbocycles. The molecule has 0 fully saturated rings. The van der Waals surface area contributed by atoms with Crippen molar-refractivity contribution < 1.29 is 18.7 Å². The van der Waals surface area contributed by atoms with E-state index in [2.05, 4.69) is 19.1 Å². The predicted molar refractivity (Wildman–Crippen MR) is 149 cm³/mol. The van der Waals surface area contributed by atoms with Gasteiger partial charge >= 0.3 is 0 Å². The first-order valence-electron chi connectivity index (χ1n) is 13.2. The quantitative estimate of drug-likeness (QED) is 0.222. The topological polar surface area (TPSA) is 38.8 Å². The van der Waals surface area contributed by atoms with Crippen LogP contribution in [0, 0.1) is 5.82 Å². The minimum Gasteiger partial charge on any atom is -0.488 e. The summed E-state index contributed by atoms with van der Waals surface area (Å²) in [6.07, 6.45) is 1.98. The van der Waals surface area contributed by atoms with Gasteiger partial charge in [0.2, 0.25) is 5.91 Å². The maximum atomic E-state index is 15.0. The summed E-state index contributed by atoms with van der Waals surface area (Å²) in [7, 11) is 0. The van der Waals surface area contributed by atoms with E-state index in [1.165, 1.54) is 11.0 Å². The summed E-state index contributed by atoms with van der Waals surface area (Å²) in [5.74, 6) is 0.839. The van der Waals surface area contributed by atoms with Crippen LogP contribution < -0.4 is 14.4 Å². The van der Waals surface area contributed by atoms with Gasteiger partial charge in [0.05, 0.1) is 17.7 Å². The minimum atomic E-state index is -0.391. The van der Waals surface area contributed by atoms with Crippen LogP contribution in [0.1, 0.15) is 42.5 Å². The lowest BCUT2D eigenvalue weighted by atomic mass is 9.94. The number of nitrogens with zero attached hydrogens (tertiary/aromatic N) is 1. The van der Waals surface area contributed by atoms with E-state index in [0.29, 0.717) is 42.5 Å². The van der Waals surface area contributed by atoms with Crippen LogP contribution in [0.15, 0.2) is 84.9 Å². The lowest BCUT2D eigenvalue weighted by Crippen LogP contribution is -2.26. The zero-order chi connectivity index (χ0) is 26.5. The fourth-order valence-electron chi connectivity index (χ4n) is 5.06. The minimum absolute atomic E-state index is 0.102. The molecule has 5 rings (SSSR count). The highest BCUT2D eigenvalue weighted by molar-refractivity contribution is 6.04. The van der Waals surface area contributed by atoms with Crippen LogP contribution in [0.25, 0.3) is 11.1 Å². The molecule has 4 nitrogen and oxygen atoms in total. The van der Waals surface area contributed by atoms with Crippen molar-refractivity contribution in [2.45, 2.75) is 46.3 Å². The fraction of sp³-hybridized carbons (Fsp3) is 0.242. The summed E-state index contributed by atoms with van der Waals surface area (Å²) < 4.78 is 28.0. The molecule has 0 radical (unpaired) electrons. The second kappa shape index (κ2) is 11.5.